The van der Waals surface area contributed by atoms with Crippen molar-refractivity contribution in [2.45, 2.75) is 95.8 Å². The quantitative estimate of drug-likeness (QED) is 0.708. The van der Waals surface area contributed by atoms with E-state index in [2.05, 4.69) is 26.0 Å². The van der Waals surface area contributed by atoms with E-state index in [1.165, 1.54) is 64.2 Å². The summed E-state index contributed by atoms with van der Waals surface area (Å²) >= 11 is 0. The van der Waals surface area contributed by atoms with Gasteiger partial charge in [-0.1, -0.05) is 52.4 Å². The van der Waals surface area contributed by atoms with Crippen molar-refractivity contribution in [2.75, 3.05) is 6.61 Å². The van der Waals surface area contributed by atoms with Crippen molar-refractivity contribution in [1.82, 2.24) is 0 Å². The van der Waals surface area contributed by atoms with Crippen LogP contribution in [0.3, 0.4) is 0 Å². The lowest BCUT2D eigenvalue weighted by atomic mass is 9.66. The minimum Gasteiger partial charge on any atom is -0.507 e. The van der Waals surface area contributed by atoms with Gasteiger partial charge in [0.1, 0.15) is 11.5 Å². The minimum atomic E-state index is 0.0925. The highest BCUT2D eigenvalue weighted by atomic mass is 16.5. The molecule has 0 radical (unpaired) electrons. The highest BCUT2D eigenvalue weighted by Gasteiger charge is 2.37. The summed E-state index contributed by atoms with van der Waals surface area (Å²) in [5, 5.41) is 11.3. The molecule has 0 heterocycles. The molecule has 2 aliphatic carbocycles. The Bertz CT molecular complexity index is 518. The predicted molar refractivity (Wildman–Crippen MR) is 100 cm³/mol. The van der Waals surface area contributed by atoms with Crippen molar-refractivity contribution < 1.29 is 9.84 Å². The zero-order valence-electron chi connectivity index (χ0n) is 15.8. The molecule has 2 saturated carbocycles. The van der Waals surface area contributed by atoms with Crippen molar-refractivity contribution in [3.8, 4) is 11.5 Å². The Hall–Kier alpha value is -1.18. The zero-order valence-corrected chi connectivity index (χ0v) is 15.8. The Labute approximate surface area is 147 Å². The van der Waals surface area contributed by atoms with E-state index < -0.39 is 0 Å². The van der Waals surface area contributed by atoms with E-state index in [0.717, 1.165) is 16.9 Å². The van der Waals surface area contributed by atoms with E-state index >= 15 is 0 Å². The number of aromatic hydroxyl groups is 1. The van der Waals surface area contributed by atoms with Crippen molar-refractivity contribution in [3.63, 3.8) is 0 Å². The molecule has 3 rings (SSSR count). The number of rotatable bonds is 4. The molecule has 24 heavy (non-hydrogen) atoms. The zero-order chi connectivity index (χ0) is 17.2. The Kier molecular flexibility index (Phi) is 5.13. The number of phenols is 1. The lowest BCUT2D eigenvalue weighted by Crippen LogP contribution is -2.29. The third-order valence-corrected chi connectivity index (χ3v) is 6.61. The summed E-state index contributed by atoms with van der Waals surface area (Å²) < 4.78 is 5.90. The molecule has 0 saturated heterocycles. The first-order valence-electron chi connectivity index (χ1n) is 9.99. The fourth-order valence-corrected chi connectivity index (χ4v) is 4.98. The topological polar surface area (TPSA) is 29.5 Å². The van der Waals surface area contributed by atoms with Crippen LogP contribution in [0.4, 0.5) is 0 Å². The number of hydrogen-bond donors (Lipinski definition) is 1. The molecule has 1 aromatic rings. The van der Waals surface area contributed by atoms with Gasteiger partial charge in [0.15, 0.2) is 0 Å². The number of hydrogen-bond acceptors (Lipinski definition) is 2. The standard InChI is InChI=1S/C22H34O2/c1-4-24-17-15-18(21(2)11-7-5-8-12-21)20(23)19(16-17)22(3)13-9-6-10-14-22/h15-16,23H,4-14H2,1-3H3. The van der Waals surface area contributed by atoms with Gasteiger partial charge in [0.05, 0.1) is 6.61 Å². The first-order chi connectivity index (χ1) is 11.5. The Morgan fingerprint density at radius 3 is 1.62 bits per heavy atom. The van der Waals surface area contributed by atoms with E-state index in [1.807, 2.05) is 6.92 Å². The van der Waals surface area contributed by atoms with Crippen molar-refractivity contribution in [2.24, 2.45) is 0 Å². The number of phenolic OH excluding ortho intramolecular Hbond substituents is 1. The summed E-state index contributed by atoms with van der Waals surface area (Å²) in [4.78, 5) is 0. The van der Waals surface area contributed by atoms with Crippen LogP contribution in [-0.2, 0) is 10.8 Å². The molecule has 2 heteroatoms. The molecule has 1 N–H and O–H groups in total. The van der Waals surface area contributed by atoms with Crippen molar-refractivity contribution >= 4 is 0 Å². The second kappa shape index (κ2) is 6.98. The monoisotopic (exact) mass is 330 g/mol. The van der Waals surface area contributed by atoms with Gasteiger partial charge in [-0.05, 0) is 55.6 Å². The molecule has 0 bridgehead atoms. The van der Waals surface area contributed by atoms with Crippen LogP contribution in [0.25, 0.3) is 0 Å². The van der Waals surface area contributed by atoms with Crippen LogP contribution in [0.1, 0.15) is 96.1 Å². The molecule has 0 atom stereocenters. The van der Waals surface area contributed by atoms with Gasteiger partial charge in [0.25, 0.3) is 0 Å². The molecular weight excluding hydrogens is 296 g/mol. The minimum absolute atomic E-state index is 0.0925. The smallest absolute Gasteiger partial charge is 0.123 e. The van der Waals surface area contributed by atoms with Crippen LogP contribution in [0, 0.1) is 0 Å². The van der Waals surface area contributed by atoms with E-state index in [1.54, 1.807) is 0 Å². The Morgan fingerprint density at radius 1 is 0.833 bits per heavy atom. The molecule has 0 unspecified atom stereocenters. The lowest BCUT2D eigenvalue weighted by molar-refractivity contribution is 0.283. The fraction of sp³-hybridized carbons (Fsp3) is 0.727. The van der Waals surface area contributed by atoms with Gasteiger partial charge in [-0.3, -0.25) is 0 Å². The molecule has 0 spiro atoms. The third kappa shape index (κ3) is 3.30. The van der Waals surface area contributed by atoms with Crippen LogP contribution in [-0.4, -0.2) is 11.7 Å². The van der Waals surface area contributed by atoms with Crippen LogP contribution >= 0.6 is 0 Å². The molecule has 0 amide bonds. The molecule has 134 valence electrons. The first-order valence-corrected chi connectivity index (χ1v) is 9.99. The van der Waals surface area contributed by atoms with Crippen LogP contribution in [0.2, 0.25) is 0 Å². The van der Waals surface area contributed by atoms with Gasteiger partial charge in [0.2, 0.25) is 0 Å². The summed E-state index contributed by atoms with van der Waals surface area (Å²) in [6.07, 6.45) is 12.4. The Balaban J connectivity index is 2.08. The largest absolute Gasteiger partial charge is 0.507 e. The maximum Gasteiger partial charge on any atom is 0.123 e. The summed E-state index contributed by atoms with van der Waals surface area (Å²) in [6.45, 7) is 7.39. The summed E-state index contributed by atoms with van der Waals surface area (Å²) in [7, 11) is 0. The van der Waals surface area contributed by atoms with E-state index in [0.29, 0.717) is 12.4 Å². The van der Waals surface area contributed by atoms with Gasteiger partial charge in [-0.2, -0.15) is 0 Å². The second-order valence-electron chi connectivity index (χ2n) is 8.54. The average Bonchev–Trinajstić information content (AvgIpc) is 2.57. The van der Waals surface area contributed by atoms with E-state index in [9.17, 15) is 5.11 Å². The van der Waals surface area contributed by atoms with Gasteiger partial charge >= 0.3 is 0 Å². The highest BCUT2D eigenvalue weighted by Crippen LogP contribution is 2.50. The molecule has 0 aliphatic heterocycles. The maximum atomic E-state index is 11.3. The second-order valence-corrected chi connectivity index (χ2v) is 8.54. The fourth-order valence-electron chi connectivity index (χ4n) is 4.98. The molecule has 1 aromatic carbocycles. The third-order valence-electron chi connectivity index (χ3n) is 6.61. The number of benzene rings is 1. The normalized spacial score (nSPS) is 23.0. The maximum absolute atomic E-state index is 11.3. The Morgan fingerprint density at radius 2 is 1.25 bits per heavy atom. The lowest BCUT2D eigenvalue weighted by Gasteiger charge is -2.39. The molecule has 2 nitrogen and oxygen atoms in total. The van der Waals surface area contributed by atoms with E-state index in [4.69, 9.17) is 4.74 Å². The SMILES string of the molecule is CCOc1cc(C2(C)CCCCC2)c(O)c(C2(C)CCCCC2)c1. The first kappa shape index (κ1) is 17.6. The van der Waals surface area contributed by atoms with Crippen LogP contribution in [0.5, 0.6) is 11.5 Å². The van der Waals surface area contributed by atoms with Gasteiger partial charge < -0.3 is 9.84 Å². The number of ether oxygens (including phenoxy) is 1. The van der Waals surface area contributed by atoms with Crippen LogP contribution in [0.15, 0.2) is 12.1 Å². The van der Waals surface area contributed by atoms with Gasteiger partial charge in [-0.15, -0.1) is 0 Å². The van der Waals surface area contributed by atoms with E-state index in [-0.39, 0.29) is 10.8 Å². The van der Waals surface area contributed by atoms with Gasteiger partial charge in [0, 0.05) is 11.1 Å². The summed E-state index contributed by atoms with van der Waals surface area (Å²) in [5.41, 5.74) is 2.45. The predicted octanol–water partition coefficient (Wildman–Crippen LogP) is 6.23. The van der Waals surface area contributed by atoms with Gasteiger partial charge in [-0.25, -0.2) is 0 Å². The van der Waals surface area contributed by atoms with Crippen molar-refractivity contribution in [1.29, 1.82) is 0 Å². The summed E-state index contributed by atoms with van der Waals surface area (Å²) in [5.74, 6) is 1.51. The summed E-state index contributed by atoms with van der Waals surface area (Å²) in [6, 6.07) is 4.25. The average molecular weight is 331 g/mol. The molecular formula is C22H34O2. The highest BCUT2D eigenvalue weighted by molar-refractivity contribution is 5.53. The van der Waals surface area contributed by atoms with Crippen molar-refractivity contribution in [3.05, 3.63) is 23.3 Å². The molecule has 0 aromatic heterocycles. The molecule has 2 aliphatic rings. The van der Waals surface area contributed by atoms with Crippen LogP contribution < -0.4 is 4.74 Å². The molecule has 2 fully saturated rings.